The van der Waals surface area contributed by atoms with Gasteiger partial charge in [-0.1, -0.05) is 25.8 Å². The van der Waals surface area contributed by atoms with E-state index in [0.29, 0.717) is 13.1 Å². The van der Waals surface area contributed by atoms with Crippen LogP contribution in [0.3, 0.4) is 0 Å². The molecule has 0 saturated heterocycles. The van der Waals surface area contributed by atoms with Crippen molar-refractivity contribution in [2.45, 2.75) is 44.0 Å². The zero-order valence-electron chi connectivity index (χ0n) is 12.6. The highest BCUT2D eigenvalue weighted by Gasteiger charge is 2.31. The van der Waals surface area contributed by atoms with Gasteiger partial charge in [0.2, 0.25) is 10.0 Å². The van der Waals surface area contributed by atoms with Gasteiger partial charge >= 0.3 is 0 Å². The summed E-state index contributed by atoms with van der Waals surface area (Å²) in [6.45, 7) is 2.95. The van der Waals surface area contributed by atoms with E-state index in [4.69, 9.17) is 0 Å². The quantitative estimate of drug-likeness (QED) is 0.848. The Morgan fingerprint density at radius 1 is 1.29 bits per heavy atom. The Morgan fingerprint density at radius 3 is 2.52 bits per heavy atom. The highest BCUT2D eigenvalue weighted by molar-refractivity contribution is 7.89. The number of hydrogen-bond donors (Lipinski definition) is 2. The number of nitrogens with one attached hydrogen (secondary N) is 2. The Balaban J connectivity index is 2.12. The summed E-state index contributed by atoms with van der Waals surface area (Å²) in [5.41, 5.74) is 0.715. The first-order valence-corrected chi connectivity index (χ1v) is 8.77. The van der Waals surface area contributed by atoms with Gasteiger partial charge in [0.05, 0.1) is 0 Å². The fourth-order valence-electron chi connectivity index (χ4n) is 2.83. The van der Waals surface area contributed by atoms with Gasteiger partial charge in [0.15, 0.2) is 0 Å². The molecule has 21 heavy (non-hydrogen) atoms. The van der Waals surface area contributed by atoms with Gasteiger partial charge in [0, 0.05) is 13.1 Å². The van der Waals surface area contributed by atoms with Crippen LogP contribution in [0.2, 0.25) is 0 Å². The molecule has 6 heteroatoms. The third-order valence-electron chi connectivity index (χ3n) is 4.17. The van der Waals surface area contributed by atoms with Crippen molar-refractivity contribution in [3.8, 4) is 0 Å². The molecular formula is C15H23FN2O2S. The molecule has 1 aliphatic rings. The van der Waals surface area contributed by atoms with E-state index in [1.807, 2.05) is 0 Å². The largest absolute Gasteiger partial charge is 0.316 e. The summed E-state index contributed by atoms with van der Waals surface area (Å²) in [6, 6.07) is 4.23. The lowest BCUT2D eigenvalue weighted by molar-refractivity contribution is 0.336. The third kappa shape index (κ3) is 4.02. The van der Waals surface area contributed by atoms with Gasteiger partial charge in [0.1, 0.15) is 10.7 Å². The van der Waals surface area contributed by atoms with Crippen LogP contribution in [0.15, 0.2) is 23.1 Å². The number of rotatable bonds is 6. The number of halogens is 1. The molecule has 0 heterocycles. The predicted molar refractivity (Wildman–Crippen MR) is 80.9 cm³/mol. The lowest BCUT2D eigenvalue weighted by Gasteiger charge is -2.23. The molecule has 0 spiro atoms. The Kier molecular flexibility index (Phi) is 5.01. The van der Waals surface area contributed by atoms with E-state index in [1.54, 1.807) is 13.1 Å². The van der Waals surface area contributed by atoms with Crippen molar-refractivity contribution >= 4 is 10.0 Å². The fourth-order valence-corrected chi connectivity index (χ4v) is 4.09. The van der Waals surface area contributed by atoms with Crippen LogP contribution in [0, 0.1) is 11.2 Å². The molecule has 0 radical (unpaired) electrons. The molecule has 1 saturated carbocycles. The highest BCUT2D eigenvalue weighted by Crippen LogP contribution is 2.37. The molecule has 2 N–H and O–H groups in total. The minimum atomic E-state index is -3.79. The molecule has 1 aromatic rings. The van der Waals surface area contributed by atoms with Crippen molar-refractivity contribution in [2.75, 3.05) is 13.6 Å². The molecule has 0 bridgehead atoms. The summed E-state index contributed by atoms with van der Waals surface area (Å²) in [6.07, 6.45) is 4.29. The predicted octanol–water partition coefficient (Wildman–Crippen LogP) is 2.40. The Bertz CT molecular complexity index is 596. The topological polar surface area (TPSA) is 58.2 Å². The van der Waals surface area contributed by atoms with Crippen LogP contribution in [-0.2, 0) is 16.6 Å². The molecule has 4 nitrogen and oxygen atoms in total. The summed E-state index contributed by atoms with van der Waals surface area (Å²) in [5, 5.41) is 2.90. The molecule has 1 fully saturated rings. The lowest BCUT2D eigenvalue weighted by Crippen LogP contribution is -2.34. The highest BCUT2D eigenvalue weighted by atomic mass is 32.2. The molecule has 1 aromatic carbocycles. The van der Waals surface area contributed by atoms with E-state index in [0.717, 1.165) is 31.2 Å². The summed E-state index contributed by atoms with van der Waals surface area (Å²) in [7, 11) is -2.04. The van der Waals surface area contributed by atoms with E-state index >= 15 is 0 Å². The summed E-state index contributed by atoms with van der Waals surface area (Å²) in [4.78, 5) is -0.274. The number of sulfonamides is 1. The molecule has 0 amide bonds. The van der Waals surface area contributed by atoms with E-state index in [-0.39, 0.29) is 10.3 Å². The normalized spacial score (nSPS) is 18.0. The third-order valence-corrected chi connectivity index (χ3v) is 5.60. The zero-order valence-corrected chi connectivity index (χ0v) is 13.4. The number of hydrogen-bond acceptors (Lipinski definition) is 3. The van der Waals surface area contributed by atoms with Crippen LogP contribution in [0.25, 0.3) is 0 Å². The van der Waals surface area contributed by atoms with Crippen LogP contribution < -0.4 is 10.0 Å². The lowest BCUT2D eigenvalue weighted by atomic mass is 9.89. The van der Waals surface area contributed by atoms with Crippen molar-refractivity contribution in [1.82, 2.24) is 10.0 Å². The smallest absolute Gasteiger partial charge is 0.243 e. The summed E-state index contributed by atoms with van der Waals surface area (Å²) < 4.78 is 41.1. The maximum Gasteiger partial charge on any atom is 0.243 e. The van der Waals surface area contributed by atoms with Crippen LogP contribution >= 0.6 is 0 Å². The second-order valence-electron chi connectivity index (χ2n) is 6.14. The van der Waals surface area contributed by atoms with Crippen LogP contribution in [0.5, 0.6) is 0 Å². The van der Waals surface area contributed by atoms with Crippen molar-refractivity contribution in [1.29, 1.82) is 0 Å². The summed E-state index contributed by atoms with van der Waals surface area (Å²) >= 11 is 0. The van der Waals surface area contributed by atoms with E-state index in [9.17, 15) is 12.8 Å². The van der Waals surface area contributed by atoms with Gasteiger partial charge < -0.3 is 5.32 Å². The van der Waals surface area contributed by atoms with Crippen LogP contribution in [0.4, 0.5) is 4.39 Å². The zero-order chi connectivity index (χ0) is 15.5. The summed E-state index contributed by atoms with van der Waals surface area (Å²) in [5.74, 6) is -0.702. The molecule has 0 aromatic heterocycles. The van der Waals surface area contributed by atoms with Gasteiger partial charge in [-0.15, -0.1) is 0 Å². The maximum absolute atomic E-state index is 14.0. The van der Waals surface area contributed by atoms with Gasteiger partial charge in [-0.2, -0.15) is 0 Å². The minimum absolute atomic E-state index is 0.00435. The molecule has 0 atom stereocenters. The molecular weight excluding hydrogens is 291 g/mol. The standard InChI is InChI=1S/C15H23FN2O2S/c1-15(7-3-4-8-15)11-18-21(19,20)14-6-5-12(10-17-2)9-13(14)16/h5-6,9,17-18H,3-4,7-8,10-11H2,1-2H3. The van der Waals surface area contributed by atoms with Crippen molar-refractivity contribution in [3.05, 3.63) is 29.6 Å². The molecule has 0 aliphatic heterocycles. The second kappa shape index (κ2) is 6.42. The van der Waals surface area contributed by atoms with Gasteiger partial charge in [0.25, 0.3) is 0 Å². The molecule has 2 rings (SSSR count). The minimum Gasteiger partial charge on any atom is -0.316 e. The number of benzene rings is 1. The molecule has 118 valence electrons. The maximum atomic E-state index is 14.0. The van der Waals surface area contributed by atoms with Gasteiger partial charge in [-0.25, -0.2) is 17.5 Å². The van der Waals surface area contributed by atoms with Crippen molar-refractivity contribution in [2.24, 2.45) is 5.41 Å². The first kappa shape index (κ1) is 16.4. The van der Waals surface area contributed by atoms with Crippen molar-refractivity contribution < 1.29 is 12.8 Å². The monoisotopic (exact) mass is 314 g/mol. The van der Waals surface area contributed by atoms with Crippen molar-refractivity contribution in [3.63, 3.8) is 0 Å². The first-order valence-electron chi connectivity index (χ1n) is 7.29. The van der Waals surface area contributed by atoms with Gasteiger partial charge in [-0.3, -0.25) is 0 Å². The average Bonchev–Trinajstić information content (AvgIpc) is 2.85. The Morgan fingerprint density at radius 2 is 1.95 bits per heavy atom. The Hall–Kier alpha value is -0.980. The fraction of sp³-hybridized carbons (Fsp3) is 0.600. The SMILES string of the molecule is CNCc1ccc(S(=O)(=O)NCC2(C)CCCC2)c(F)c1. The molecule has 1 aliphatic carbocycles. The van der Waals surface area contributed by atoms with E-state index < -0.39 is 15.8 Å². The second-order valence-corrected chi connectivity index (χ2v) is 7.87. The van der Waals surface area contributed by atoms with E-state index in [2.05, 4.69) is 17.0 Å². The average molecular weight is 314 g/mol. The molecule has 0 unspecified atom stereocenters. The van der Waals surface area contributed by atoms with E-state index in [1.165, 1.54) is 12.1 Å². The Labute approximate surface area is 126 Å². The van der Waals surface area contributed by atoms with Crippen LogP contribution in [0.1, 0.15) is 38.2 Å². The van der Waals surface area contributed by atoms with Gasteiger partial charge in [-0.05, 0) is 43.0 Å². The first-order chi connectivity index (χ1) is 9.86. The van der Waals surface area contributed by atoms with Crippen LogP contribution in [-0.4, -0.2) is 22.0 Å².